The Morgan fingerprint density at radius 1 is 0.358 bits per heavy atom. The zero-order valence-corrected chi connectivity index (χ0v) is 36.0. The van der Waals surface area contributed by atoms with Crippen molar-refractivity contribution < 1.29 is 28.6 Å². The van der Waals surface area contributed by atoms with Crippen molar-refractivity contribution >= 4 is 17.9 Å². The van der Waals surface area contributed by atoms with Crippen molar-refractivity contribution in [3.63, 3.8) is 0 Å². The Hall–Kier alpha value is -1.59. The summed E-state index contributed by atoms with van der Waals surface area (Å²) in [4.78, 5) is 37.7. The topological polar surface area (TPSA) is 78.9 Å². The van der Waals surface area contributed by atoms with Crippen LogP contribution in [0.2, 0.25) is 0 Å². The molecule has 0 aliphatic heterocycles. The van der Waals surface area contributed by atoms with Crippen molar-refractivity contribution in [1.29, 1.82) is 0 Å². The minimum Gasteiger partial charge on any atom is -0.462 e. The largest absolute Gasteiger partial charge is 0.462 e. The Bertz CT molecular complexity index is 796. The highest BCUT2D eigenvalue weighted by atomic mass is 16.6. The van der Waals surface area contributed by atoms with Gasteiger partial charge in [0, 0.05) is 19.3 Å². The third kappa shape index (κ3) is 41.4. The third-order valence-corrected chi connectivity index (χ3v) is 10.5. The van der Waals surface area contributed by atoms with Crippen LogP contribution in [0.1, 0.15) is 259 Å². The van der Waals surface area contributed by atoms with Gasteiger partial charge in [-0.15, -0.1) is 0 Å². The van der Waals surface area contributed by atoms with Gasteiger partial charge in [0.1, 0.15) is 13.2 Å². The van der Waals surface area contributed by atoms with Gasteiger partial charge < -0.3 is 14.2 Å². The van der Waals surface area contributed by atoms with Gasteiger partial charge in [0.25, 0.3) is 0 Å². The molecular formula is C47H90O6. The number of carbonyl (C=O) groups is 3. The minimum atomic E-state index is -0.759. The fourth-order valence-electron chi connectivity index (χ4n) is 6.98. The molecule has 0 aliphatic rings. The molecule has 0 aromatic heterocycles. The van der Waals surface area contributed by atoms with E-state index in [1.807, 2.05) is 0 Å². The smallest absolute Gasteiger partial charge is 0.306 e. The van der Waals surface area contributed by atoms with Gasteiger partial charge >= 0.3 is 17.9 Å². The van der Waals surface area contributed by atoms with E-state index in [-0.39, 0.29) is 31.1 Å². The van der Waals surface area contributed by atoms with Crippen LogP contribution in [0.5, 0.6) is 0 Å². The fraction of sp³-hybridized carbons (Fsp3) is 0.936. The summed E-state index contributed by atoms with van der Waals surface area (Å²) in [6.07, 6.45) is 40.8. The summed E-state index contributed by atoms with van der Waals surface area (Å²) in [6, 6.07) is 0. The summed E-state index contributed by atoms with van der Waals surface area (Å²) >= 11 is 0. The molecule has 6 heteroatoms. The number of esters is 3. The van der Waals surface area contributed by atoms with Gasteiger partial charge in [-0.25, -0.2) is 0 Å². The SMILES string of the molecule is CCCCCCCCCCCCCC(=O)OC[C@@H](COC(=O)CCCCCCCCCCCC)OC(=O)CCCCCCCCCCCCCC(C)C. The normalized spacial score (nSPS) is 11.9. The van der Waals surface area contributed by atoms with Crippen molar-refractivity contribution in [2.75, 3.05) is 13.2 Å². The predicted molar refractivity (Wildman–Crippen MR) is 224 cm³/mol. The van der Waals surface area contributed by atoms with E-state index in [2.05, 4.69) is 27.7 Å². The molecule has 0 aromatic rings. The Morgan fingerprint density at radius 3 is 0.925 bits per heavy atom. The molecule has 0 N–H and O–H groups in total. The highest BCUT2D eigenvalue weighted by Crippen LogP contribution is 2.16. The molecular weight excluding hydrogens is 661 g/mol. The molecule has 0 radical (unpaired) electrons. The van der Waals surface area contributed by atoms with Gasteiger partial charge in [0.15, 0.2) is 6.10 Å². The quantitative estimate of drug-likeness (QED) is 0.0351. The number of hydrogen-bond acceptors (Lipinski definition) is 6. The van der Waals surface area contributed by atoms with Crippen molar-refractivity contribution in [1.82, 2.24) is 0 Å². The number of rotatable bonds is 42. The zero-order valence-electron chi connectivity index (χ0n) is 36.0. The van der Waals surface area contributed by atoms with Crippen LogP contribution in [-0.2, 0) is 28.6 Å². The molecule has 314 valence electrons. The van der Waals surface area contributed by atoms with Crippen LogP contribution in [0.25, 0.3) is 0 Å². The number of carbonyl (C=O) groups excluding carboxylic acids is 3. The molecule has 0 saturated carbocycles. The van der Waals surface area contributed by atoms with Gasteiger partial charge in [-0.05, 0) is 25.2 Å². The first-order valence-corrected chi connectivity index (χ1v) is 23.4. The minimum absolute atomic E-state index is 0.0636. The van der Waals surface area contributed by atoms with Crippen LogP contribution in [0.4, 0.5) is 0 Å². The first kappa shape index (κ1) is 51.4. The molecule has 0 unspecified atom stereocenters. The van der Waals surface area contributed by atoms with Crippen molar-refractivity contribution in [2.24, 2.45) is 5.92 Å². The van der Waals surface area contributed by atoms with E-state index in [0.29, 0.717) is 19.3 Å². The summed E-state index contributed by atoms with van der Waals surface area (Å²) < 4.78 is 16.7. The lowest BCUT2D eigenvalue weighted by Gasteiger charge is -2.18. The lowest BCUT2D eigenvalue weighted by molar-refractivity contribution is -0.167. The van der Waals surface area contributed by atoms with E-state index < -0.39 is 6.10 Å². The highest BCUT2D eigenvalue weighted by molar-refractivity contribution is 5.71. The van der Waals surface area contributed by atoms with Gasteiger partial charge in [-0.3, -0.25) is 14.4 Å². The maximum absolute atomic E-state index is 12.7. The summed E-state index contributed by atoms with van der Waals surface area (Å²) in [7, 11) is 0. The molecule has 1 atom stereocenters. The van der Waals surface area contributed by atoms with Gasteiger partial charge in [-0.2, -0.15) is 0 Å². The van der Waals surface area contributed by atoms with E-state index in [1.54, 1.807) is 0 Å². The fourth-order valence-corrected chi connectivity index (χ4v) is 6.98. The second-order valence-corrected chi connectivity index (χ2v) is 16.5. The van der Waals surface area contributed by atoms with E-state index in [0.717, 1.165) is 63.7 Å². The first-order valence-electron chi connectivity index (χ1n) is 23.4. The molecule has 0 bridgehead atoms. The molecule has 6 nitrogen and oxygen atoms in total. The number of hydrogen-bond donors (Lipinski definition) is 0. The Kier molecular flexibility index (Phi) is 40.3. The molecule has 0 aromatic carbocycles. The molecule has 0 amide bonds. The van der Waals surface area contributed by atoms with Crippen LogP contribution >= 0.6 is 0 Å². The van der Waals surface area contributed by atoms with Crippen molar-refractivity contribution in [3.05, 3.63) is 0 Å². The van der Waals surface area contributed by atoms with Gasteiger partial charge in [-0.1, -0.05) is 220 Å². The second kappa shape index (κ2) is 41.6. The highest BCUT2D eigenvalue weighted by Gasteiger charge is 2.19. The standard InChI is InChI=1S/C47H90O6/c1-5-7-9-11-13-15-18-23-27-31-35-39-46(49)52-42-44(41-51-45(48)38-34-30-26-22-16-14-12-10-8-6-2)53-47(50)40-36-32-28-24-20-17-19-21-25-29-33-37-43(3)4/h43-44H,5-42H2,1-4H3/t44-/m1/s1. The molecule has 0 aliphatic carbocycles. The maximum atomic E-state index is 12.7. The van der Waals surface area contributed by atoms with E-state index in [1.165, 1.54) is 154 Å². The van der Waals surface area contributed by atoms with Crippen LogP contribution < -0.4 is 0 Å². The molecule has 0 fully saturated rings. The summed E-state index contributed by atoms with van der Waals surface area (Å²) in [5.74, 6) is -0.0289. The van der Waals surface area contributed by atoms with Crippen LogP contribution in [0, 0.1) is 5.92 Å². The third-order valence-electron chi connectivity index (χ3n) is 10.5. The Morgan fingerprint density at radius 2 is 0.623 bits per heavy atom. The summed E-state index contributed by atoms with van der Waals surface area (Å²) in [5, 5.41) is 0. The van der Waals surface area contributed by atoms with Gasteiger partial charge in [0.05, 0.1) is 0 Å². The molecule has 0 spiro atoms. The summed E-state index contributed by atoms with van der Waals surface area (Å²) in [6.45, 7) is 8.98. The van der Waals surface area contributed by atoms with E-state index in [4.69, 9.17) is 14.2 Å². The average molecular weight is 751 g/mol. The maximum Gasteiger partial charge on any atom is 0.306 e. The number of ether oxygens (including phenoxy) is 3. The van der Waals surface area contributed by atoms with Gasteiger partial charge in [0.2, 0.25) is 0 Å². The van der Waals surface area contributed by atoms with Crippen molar-refractivity contribution in [3.8, 4) is 0 Å². The van der Waals surface area contributed by atoms with Crippen LogP contribution in [0.15, 0.2) is 0 Å². The van der Waals surface area contributed by atoms with Crippen LogP contribution in [-0.4, -0.2) is 37.2 Å². The first-order chi connectivity index (χ1) is 25.9. The lowest BCUT2D eigenvalue weighted by atomic mass is 10.0. The van der Waals surface area contributed by atoms with E-state index >= 15 is 0 Å². The zero-order chi connectivity index (χ0) is 38.9. The number of unbranched alkanes of at least 4 members (excludes halogenated alkanes) is 29. The van der Waals surface area contributed by atoms with E-state index in [9.17, 15) is 14.4 Å². The summed E-state index contributed by atoms with van der Waals surface area (Å²) in [5.41, 5.74) is 0. The lowest BCUT2D eigenvalue weighted by Crippen LogP contribution is -2.30. The second-order valence-electron chi connectivity index (χ2n) is 16.5. The predicted octanol–water partition coefficient (Wildman–Crippen LogP) is 14.7. The molecule has 53 heavy (non-hydrogen) atoms. The van der Waals surface area contributed by atoms with Crippen LogP contribution in [0.3, 0.4) is 0 Å². The monoisotopic (exact) mass is 751 g/mol. The molecule has 0 heterocycles. The molecule has 0 saturated heterocycles. The van der Waals surface area contributed by atoms with Crippen molar-refractivity contribution in [2.45, 2.75) is 265 Å². The Balaban J connectivity index is 4.32. The molecule has 0 rings (SSSR count). The Labute approximate surface area is 329 Å². The average Bonchev–Trinajstić information content (AvgIpc) is 3.14.